The molecular formula is C25H25ClN2O4. The summed E-state index contributed by atoms with van der Waals surface area (Å²) in [5.41, 5.74) is 5.18. The van der Waals surface area contributed by atoms with Gasteiger partial charge in [0.15, 0.2) is 18.1 Å². The normalized spacial score (nSPS) is 10.7. The molecule has 166 valence electrons. The Morgan fingerprint density at radius 2 is 1.75 bits per heavy atom. The van der Waals surface area contributed by atoms with Gasteiger partial charge in [-0.1, -0.05) is 41.9 Å². The highest BCUT2D eigenvalue weighted by atomic mass is 35.5. The van der Waals surface area contributed by atoms with E-state index < -0.39 is 0 Å². The Balaban J connectivity index is 1.55. The Kier molecular flexibility index (Phi) is 8.52. The van der Waals surface area contributed by atoms with Crippen LogP contribution in [0.1, 0.15) is 23.6 Å². The van der Waals surface area contributed by atoms with E-state index in [1.165, 1.54) is 6.21 Å². The standard InChI is InChI=1S/C25H25ClN2O4/c1-3-30-24-14-20(10-13-23(24)31-16-19-8-11-21(26)12-9-19)15-27-28-25(29)17-32-22-7-5-4-6-18(22)2/h4-15H,3,16-17H2,1-2H3,(H,28,29)/b27-15-. The second-order valence-electron chi connectivity index (χ2n) is 6.90. The summed E-state index contributed by atoms with van der Waals surface area (Å²) in [4.78, 5) is 12.0. The van der Waals surface area contributed by atoms with Crippen LogP contribution in [-0.2, 0) is 11.4 Å². The zero-order chi connectivity index (χ0) is 22.8. The number of hydrazone groups is 1. The molecule has 0 atom stereocenters. The van der Waals surface area contributed by atoms with E-state index in [1.54, 1.807) is 6.07 Å². The minimum absolute atomic E-state index is 0.121. The van der Waals surface area contributed by atoms with Crippen molar-refractivity contribution in [3.8, 4) is 17.2 Å². The van der Waals surface area contributed by atoms with Crippen molar-refractivity contribution >= 4 is 23.7 Å². The Morgan fingerprint density at radius 3 is 2.50 bits per heavy atom. The lowest BCUT2D eigenvalue weighted by Gasteiger charge is -2.12. The molecule has 3 aromatic rings. The van der Waals surface area contributed by atoms with Gasteiger partial charge in [-0.3, -0.25) is 4.79 Å². The number of ether oxygens (including phenoxy) is 3. The van der Waals surface area contributed by atoms with Gasteiger partial charge in [-0.25, -0.2) is 5.43 Å². The molecule has 0 aliphatic heterocycles. The van der Waals surface area contributed by atoms with Crippen LogP contribution in [0.5, 0.6) is 17.2 Å². The molecule has 3 aromatic carbocycles. The van der Waals surface area contributed by atoms with Crippen molar-refractivity contribution in [1.29, 1.82) is 0 Å². The maximum atomic E-state index is 12.0. The molecule has 0 heterocycles. The van der Waals surface area contributed by atoms with Crippen molar-refractivity contribution in [2.75, 3.05) is 13.2 Å². The number of hydrogen-bond donors (Lipinski definition) is 1. The van der Waals surface area contributed by atoms with Crippen LogP contribution < -0.4 is 19.6 Å². The molecule has 7 heteroatoms. The van der Waals surface area contributed by atoms with Crippen molar-refractivity contribution in [3.63, 3.8) is 0 Å². The zero-order valence-corrected chi connectivity index (χ0v) is 18.8. The summed E-state index contributed by atoms with van der Waals surface area (Å²) in [5, 5.41) is 4.68. The first-order chi connectivity index (χ1) is 15.5. The number of hydrogen-bond acceptors (Lipinski definition) is 5. The number of carbonyl (C=O) groups excluding carboxylic acids is 1. The van der Waals surface area contributed by atoms with Crippen LogP contribution in [-0.4, -0.2) is 25.3 Å². The monoisotopic (exact) mass is 452 g/mol. The van der Waals surface area contributed by atoms with Gasteiger partial charge in [0, 0.05) is 5.02 Å². The van der Waals surface area contributed by atoms with Crippen molar-refractivity contribution in [3.05, 3.63) is 88.4 Å². The molecule has 1 amide bonds. The van der Waals surface area contributed by atoms with Crippen LogP contribution in [0.4, 0.5) is 0 Å². The number of amides is 1. The largest absolute Gasteiger partial charge is 0.490 e. The number of benzene rings is 3. The van der Waals surface area contributed by atoms with E-state index in [0.29, 0.717) is 35.5 Å². The Hall–Kier alpha value is -3.51. The number of aryl methyl sites for hydroxylation is 1. The number of nitrogens with one attached hydrogen (secondary N) is 1. The molecule has 0 fully saturated rings. The van der Waals surface area contributed by atoms with E-state index in [0.717, 1.165) is 16.7 Å². The summed E-state index contributed by atoms with van der Waals surface area (Å²) in [7, 11) is 0. The molecule has 0 aliphatic rings. The molecule has 0 spiro atoms. The SMILES string of the molecule is CCOc1cc(/C=N\NC(=O)COc2ccccc2C)ccc1OCc1ccc(Cl)cc1. The molecule has 0 radical (unpaired) electrons. The van der Waals surface area contributed by atoms with Gasteiger partial charge < -0.3 is 14.2 Å². The van der Waals surface area contributed by atoms with Crippen LogP contribution in [0.25, 0.3) is 0 Å². The highest BCUT2D eigenvalue weighted by molar-refractivity contribution is 6.30. The lowest BCUT2D eigenvalue weighted by Crippen LogP contribution is -2.24. The Labute approximate surface area is 192 Å². The molecule has 0 aliphatic carbocycles. The summed E-state index contributed by atoms with van der Waals surface area (Å²) in [6.45, 7) is 4.58. The van der Waals surface area contributed by atoms with Crippen LogP contribution >= 0.6 is 11.6 Å². The topological polar surface area (TPSA) is 69.2 Å². The van der Waals surface area contributed by atoms with Crippen molar-refractivity contribution in [2.45, 2.75) is 20.5 Å². The van der Waals surface area contributed by atoms with Gasteiger partial charge in [-0.15, -0.1) is 0 Å². The lowest BCUT2D eigenvalue weighted by atomic mass is 10.2. The highest BCUT2D eigenvalue weighted by Crippen LogP contribution is 2.29. The van der Waals surface area contributed by atoms with E-state index >= 15 is 0 Å². The van der Waals surface area contributed by atoms with Crippen LogP contribution in [0.3, 0.4) is 0 Å². The maximum absolute atomic E-state index is 12.0. The predicted molar refractivity (Wildman–Crippen MR) is 126 cm³/mol. The van der Waals surface area contributed by atoms with Crippen LogP contribution in [0, 0.1) is 6.92 Å². The fraction of sp³-hybridized carbons (Fsp3) is 0.200. The Morgan fingerprint density at radius 1 is 0.969 bits per heavy atom. The summed E-state index contributed by atoms with van der Waals surface area (Å²) < 4.78 is 17.1. The van der Waals surface area contributed by atoms with Crippen LogP contribution in [0.15, 0.2) is 71.8 Å². The summed E-state index contributed by atoms with van der Waals surface area (Å²) in [6.07, 6.45) is 1.54. The minimum atomic E-state index is -0.350. The highest BCUT2D eigenvalue weighted by Gasteiger charge is 2.07. The smallest absolute Gasteiger partial charge is 0.277 e. The molecule has 3 rings (SSSR count). The van der Waals surface area contributed by atoms with E-state index in [2.05, 4.69) is 10.5 Å². The molecule has 0 saturated heterocycles. The van der Waals surface area contributed by atoms with Gasteiger partial charge in [0.25, 0.3) is 5.91 Å². The summed E-state index contributed by atoms with van der Waals surface area (Å²) >= 11 is 5.92. The zero-order valence-electron chi connectivity index (χ0n) is 18.0. The second-order valence-corrected chi connectivity index (χ2v) is 7.34. The quantitative estimate of drug-likeness (QED) is 0.341. The average molecular weight is 453 g/mol. The minimum Gasteiger partial charge on any atom is -0.490 e. The third kappa shape index (κ3) is 7.03. The molecule has 0 bridgehead atoms. The van der Waals surface area contributed by atoms with Gasteiger partial charge >= 0.3 is 0 Å². The first kappa shape index (κ1) is 23.2. The number of rotatable bonds is 10. The van der Waals surface area contributed by atoms with Gasteiger partial charge in [0.05, 0.1) is 12.8 Å². The molecule has 0 saturated carbocycles. The van der Waals surface area contributed by atoms with Gasteiger partial charge in [-0.2, -0.15) is 5.10 Å². The van der Waals surface area contributed by atoms with Gasteiger partial charge in [0.1, 0.15) is 12.4 Å². The number of nitrogens with zero attached hydrogens (tertiary/aromatic N) is 1. The summed E-state index contributed by atoms with van der Waals surface area (Å²) in [5.74, 6) is 1.54. The molecule has 1 N–H and O–H groups in total. The maximum Gasteiger partial charge on any atom is 0.277 e. The third-order valence-corrected chi connectivity index (χ3v) is 4.68. The second kappa shape index (κ2) is 11.8. The molecule has 32 heavy (non-hydrogen) atoms. The predicted octanol–water partition coefficient (Wildman–Crippen LogP) is 5.16. The fourth-order valence-corrected chi connectivity index (χ4v) is 2.93. The molecular weight excluding hydrogens is 428 g/mol. The van der Waals surface area contributed by atoms with E-state index in [-0.39, 0.29) is 12.5 Å². The van der Waals surface area contributed by atoms with Crippen molar-refractivity contribution in [2.24, 2.45) is 5.10 Å². The summed E-state index contributed by atoms with van der Waals surface area (Å²) in [6, 6.07) is 20.4. The van der Waals surface area contributed by atoms with Gasteiger partial charge in [-0.05, 0) is 66.9 Å². The average Bonchev–Trinajstić information content (AvgIpc) is 2.79. The number of para-hydroxylation sites is 1. The molecule has 0 unspecified atom stereocenters. The Bertz CT molecular complexity index is 1070. The molecule has 0 aromatic heterocycles. The van der Waals surface area contributed by atoms with Gasteiger partial charge in [0.2, 0.25) is 0 Å². The first-order valence-electron chi connectivity index (χ1n) is 10.2. The van der Waals surface area contributed by atoms with E-state index in [1.807, 2.05) is 74.5 Å². The third-order valence-electron chi connectivity index (χ3n) is 4.43. The number of halogens is 1. The fourth-order valence-electron chi connectivity index (χ4n) is 2.81. The first-order valence-corrected chi connectivity index (χ1v) is 10.6. The number of carbonyl (C=O) groups is 1. The molecule has 6 nitrogen and oxygen atoms in total. The van der Waals surface area contributed by atoms with E-state index in [4.69, 9.17) is 25.8 Å². The van der Waals surface area contributed by atoms with Crippen molar-refractivity contribution in [1.82, 2.24) is 5.43 Å². The van der Waals surface area contributed by atoms with E-state index in [9.17, 15) is 4.79 Å². The van der Waals surface area contributed by atoms with Crippen LogP contribution in [0.2, 0.25) is 5.02 Å². The van der Waals surface area contributed by atoms with Crippen molar-refractivity contribution < 1.29 is 19.0 Å². The lowest BCUT2D eigenvalue weighted by molar-refractivity contribution is -0.123.